The molecule has 1 heterocycles. The van der Waals surface area contributed by atoms with Crippen LogP contribution in [0.3, 0.4) is 0 Å². The lowest BCUT2D eigenvalue weighted by molar-refractivity contribution is -0.134. The van der Waals surface area contributed by atoms with Crippen LogP contribution in [0.4, 0.5) is 0 Å². The number of likely N-dealkylation sites (tertiary alicyclic amines) is 1. The predicted molar refractivity (Wildman–Crippen MR) is 76.9 cm³/mol. The third-order valence-electron chi connectivity index (χ3n) is 3.38. The van der Waals surface area contributed by atoms with Crippen LogP contribution in [0, 0.1) is 5.92 Å². The van der Waals surface area contributed by atoms with Gasteiger partial charge in [-0.05, 0) is 37.0 Å². The van der Waals surface area contributed by atoms with E-state index in [1.807, 2.05) is 4.90 Å². The third-order valence-corrected chi connectivity index (χ3v) is 3.91. The van der Waals surface area contributed by atoms with Crippen LogP contribution in [0.15, 0.2) is 18.2 Å². The first kappa shape index (κ1) is 14.5. The van der Waals surface area contributed by atoms with Crippen molar-refractivity contribution in [1.29, 1.82) is 0 Å². The van der Waals surface area contributed by atoms with Crippen molar-refractivity contribution in [2.75, 3.05) is 19.7 Å². The largest absolute Gasteiger partial charge is 0.482 e. The van der Waals surface area contributed by atoms with Crippen molar-refractivity contribution in [3.05, 3.63) is 28.2 Å². The molecule has 2 rings (SSSR count). The second-order valence-electron chi connectivity index (χ2n) is 4.93. The predicted octanol–water partition coefficient (Wildman–Crippen LogP) is 3.63. The van der Waals surface area contributed by atoms with E-state index in [-0.39, 0.29) is 12.5 Å². The Balaban J connectivity index is 1.86. The summed E-state index contributed by atoms with van der Waals surface area (Å²) in [5.74, 6) is 1.21. The zero-order valence-corrected chi connectivity index (χ0v) is 12.4. The molecule has 1 saturated heterocycles. The van der Waals surface area contributed by atoms with Crippen LogP contribution < -0.4 is 4.74 Å². The topological polar surface area (TPSA) is 29.5 Å². The van der Waals surface area contributed by atoms with Gasteiger partial charge in [0.1, 0.15) is 5.75 Å². The summed E-state index contributed by atoms with van der Waals surface area (Å²) >= 11 is 11.8. The van der Waals surface area contributed by atoms with Gasteiger partial charge in [0, 0.05) is 18.1 Å². The monoisotopic (exact) mass is 301 g/mol. The van der Waals surface area contributed by atoms with Crippen molar-refractivity contribution in [1.82, 2.24) is 4.90 Å². The van der Waals surface area contributed by atoms with Crippen molar-refractivity contribution in [3.8, 4) is 5.75 Å². The van der Waals surface area contributed by atoms with Crippen LogP contribution in [0.2, 0.25) is 10.0 Å². The number of rotatable bonds is 3. The highest BCUT2D eigenvalue weighted by atomic mass is 35.5. The number of halogens is 2. The molecule has 0 unspecified atom stereocenters. The highest BCUT2D eigenvalue weighted by molar-refractivity contribution is 6.35. The number of ether oxygens (including phenoxy) is 1. The summed E-state index contributed by atoms with van der Waals surface area (Å²) in [6, 6.07) is 4.97. The lowest BCUT2D eigenvalue weighted by Gasteiger charge is -2.30. The standard InChI is InChI=1S/C14H17Cl2NO2/c1-10-4-6-17(7-5-10)14(18)9-19-13-3-2-11(15)8-12(13)16/h2-3,8,10H,4-7,9H2,1H3. The van der Waals surface area contributed by atoms with Gasteiger partial charge in [-0.3, -0.25) is 4.79 Å². The number of amides is 1. The Hall–Kier alpha value is -0.930. The van der Waals surface area contributed by atoms with Gasteiger partial charge in [-0.25, -0.2) is 0 Å². The van der Waals surface area contributed by atoms with Gasteiger partial charge in [0.05, 0.1) is 5.02 Å². The minimum atomic E-state index is 0.0120. The SMILES string of the molecule is CC1CCN(C(=O)COc2ccc(Cl)cc2Cl)CC1. The van der Waals surface area contributed by atoms with Crippen molar-refractivity contribution < 1.29 is 9.53 Å². The summed E-state index contributed by atoms with van der Waals surface area (Å²) in [6.45, 7) is 3.87. The van der Waals surface area contributed by atoms with Crippen LogP contribution in [-0.2, 0) is 4.79 Å². The minimum absolute atomic E-state index is 0.0120. The second-order valence-corrected chi connectivity index (χ2v) is 5.77. The molecular weight excluding hydrogens is 285 g/mol. The normalized spacial score (nSPS) is 16.5. The van der Waals surface area contributed by atoms with E-state index in [1.54, 1.807) is 18.2 Å². The maximum Gasteiger partial charge on any atom is 0.260 e. The first-order chi connectivity index (χ1) is 9.06. The van der Waals surface area contributed by atoms with Gasteiger partial charge >= 0.3 is 0 Å². The molecule has 0 aliphatic carbocycles. The smallest absolute Gasteiger partial charge is 0.260 e. The molecule has 1 aliphatic heterocycles. The van der Waals surface area contributed by atoms with E-state index in [0.29, 0.717) is 21.7 Å². The summed E-state index contributed by atoms with van der Waals surface area (Å²) in [7, 11) is 0. The van der Waals surface area contributed by atoms with E-state index in [0.717, 1.165) is 25.9 Å². The number of piperidine rings is 1. The van der Waals surface area contributed by atoms with Gasteiger partial charge in [0.15, 0.2) is 6.61 Å². The lowest BCUT2D eigenvalue weighted by Crippen LogP contribution is -2.40. The Morgan fingerprint density at radius 3 is 2.68 bits per heavy atom. The summed E-state index contributed by atoms with van der Waals surface area (Å²) in [4.78, 5) is 13.8. The Bertz CT molecular complexity index is 457. The number of hydrogen-bond donors (Lipinski definition) is 0. The molecule has 0 atom stereocenters. The van der Waals surface area contributed by atoms with E-state index >= 15 is 0 Å². The maximum absolute atomic E-state index is 12.0. The van der Waals surface area contributed by atoms with Crippen molar-refractivity contribution >= 4 is 29.1 Å². The van der Waals surface area contributed by atoms with E-state index in [9.17, 15) is 4.79 Å². The lowest BCUT2D eigenvalue weighted by atomic mass is 9.99. The molecule has 104 valence electrons. The zero-order valence-electron chi connectivity index (χ0n) is 10.9. The first-order valence-electron chi connectivity index (χ1n) is 6.42. The molecule has 1 aliphatic rings. The Morgan fingerprint density at radius 2 is 2.05 bits per heavy atom. The molecule has 1 fully saturated rings. The van der Waals surface area contributed by atoms with Crippen LogP contribution >= 0.6 is 23.2 Å². The molecule has 0 aromatic heterocycles. The summed E-state index contributed by atoms with van der Waals surface area (Å²) in [5, 5.41) is 0.973. The van der Waals surface area contributed by atoms with Crippen molar-refractivity contribution in [2.45, 2.75) is 19.8 Å². The number of carbonyl (C=O) groups excluding carboxylic acids is 1. The Morgan fingerprint density at radius 1 is 1.37 bits per heavy atom. The van der Waals surface area contributed by atoms with Gasteiger partial charge in [0.25, 0.3) is 5.91 Å². The molecule has 0 N–H and O–H groups in total. The van der Waals surface area contributed by atoms with Crippen LogP contribution in [0.5, 0.6) is 5.75 Å². The molecule has 1 aromatic carbocycles. The molecule has 1 aromatic rings. The van der Waals surface area contributed by atoms with Gasteiger partial charge in [-0.15, -0.1) is 0 Å². The number of benzene rings is 1. The molecule has 0 radical (unpaired) electrons. The van der Waals surface area contributed by atoms with Crippen LogP contribution in [0.25, 0.3) is 0 Å². The maximum atomic E-state index is 12.0. The highest BCUT2D eigenvalue weighted by Gasteiger charge is 2.20. The minimum Gasteiger partial charge on any atom is -0.482 e. The molecule has 0 saturated carbocycles. The van der Waals surface area contributed by atoms with Gasteiger partial charge in [-0.1, -0.05) is 30.1 Å². The molecular formula is C14H17Cl2NO2. The average Bonchev–Trinajstić information content (AvgIpc) is 2.38. The molecule has 19 heavy (non-hydrogen) atoms. The van der Waals surface area contributed by atoms with Crippen molar-refractivity contribution in [2.24, 2.45) is 5.92 Å². The second kappa shape index (κ2) is 6.49. The molecule has 1 amide bonds. The summed E-state index contributed by atoms with van der Waals surface area (Å²) in [6.07, 6.45) is 2.13. The number of hydrogen-bond acceptors (Lipinski definition) is 2. The number of carbonyl (C=O) groups is 1. The van der Waals surface area contributed by atoms with E-state index < -0.39 is 0 Å². The van der Waals surface area contributed by atoms with Gasteiger partial charge < -0.3 is 9.64 Å². The quantitative estimate of drug-likeness (QED) is 0.853. The fraction of sp³-hybridized carbons (Fsp3) is 0.500. The molecule has 0 spiro atoms. The van der Waals surface area contributed by atoms with Gasteiger partial charge in [0.2, 0.25) is 0 Å². The van der Waals surface area contributed by atoms with E-state index in [4.69, 9.17) is 27.9 Å². The van der Waals surface area contributed by atoms with Crippen molar-refractivity contribution in [3.63, 3.8) is 0 Å². The Kier molecular flexibility index (Phi) is 4.94. The fourth-order valence-electron chi connectivity index (χ4n) is 2.08. The third kappa shape index (κ3) is 4.02. The van der Waals surface area contributed by atoms with E-state index in [2.05, 4.69) is 6.92 Å². The zero-order chi connectivity index (χ0) is 13.8. The average molecular weight is 302 g/mol. The van der Waals surface area contributed by atoms with E-state index in [1.165, 1.54) is 0 Å². The fourth-order valence-corrected chi connectivity index (χ4v) is 2.54. The first-order valence-corrected chi connectivity index (χ1v) is 7.17. The number of nitrogens with zero attached hydrogens (tertiary/aromatic N) is 1. The molecule has 3 nitrogen and oxygen atoms in total. The summed E-state index contributed by atoms with van der Waals surface area (Å²) in [5.41, 5.74) is 0. The molecule has 0 bridgehead atoms. The summed E-state index contributed by atoms with van der Waals surface area (Å²) < 4.78 is 5.45. The van der Waals surface area contributed by atoms with Gasteiger partial charge in [-0.2, -0.15) is 0 Å². The van der Waals surface area contributed by atoms with Crippen LogP contribution in [0.1, 0.15) is 19.8 Å². The highest BCUT2D eigenvalue weighted by Crippen LogP contribution is 2.27. The molecule has 5 heteroatoms. The Labute approximate surface area is 123 Å². The van der Waals surface area contributed by atoms with Crippen LogP contribution in [-0.4, -0.2) is 30.5 Å².